The van der Waals surface area contributed by atoms with E-state index in [0.29, 0.717) is 6.42 Å². The molecular weight excluding hydrogens is 190 g/mol. The smallest absolute Gasteiger partial charge is 0.225 e. The molecule has 5 heteroatoms. The lowest BCUT2D eigenvalue weighted by molar-refractivity contribution is 0.892. The van der Waals surface area contributed by atoms with Gasteiger partial charge in [-0.2, -0.15) is 0 Å². The van der Waals surface area contributed by atoms with Crippen LogP contribution in [0, 0.1) is 5.41 Å². The summed E-state index contributed by atoms with van der Waals surface area (Å²) in [5.41, 5.74) is 6.20. The van der Waals surface area contributed by atoms with Gasteiger partial charge in [0.05, 0.1) is 5.84 Å². The van der Waals surface area contributed by atoms with Crippen LogP contribution in [0.2, 0.25) is 0 Å². The number of nitrogens with one attached hydrogen (secondary N) is 1. The van der Waals surface area contributed by atoms with Crippen molar-refractivity contribution in [2.75, 3.05) is 18.0 Å². The fourth-order valence-corrected chi connectivity index (χ4v) is 1.74. The number of nitrogens with zero attached hydrogens (tertiary/aromatic N) is 3. The monoisotopic (exact) mass is 205 g/mol. The summed E-state index contributed by atoms with van der Waals surface area (Å²) in [5.74, 6) is 0.937. The topological polar surface area (TPSA) is 78.9 Å². The van der Waals surface area contributed by atoms with Gasteiger partial charge in [-0.3, -0.25) is 5.41 Å². The molecule has 0 aliphatic carbocycles. The summed E-state index contributed by atoms with van der Waals surface area (Å²) in [6, 6.07) is 0. The molecule has 0 saturated carbocycles. The minimum atomic E-state index is 0.146. The molecule has 1 fully saturated rings. The van der Waals surface area contributed by atoms with Gasteiger partial charge in [0.15, 0.2) is 0 Å². The fraction of sp³-hybridized carbons (Fsp3) is 0.500. The van der Waals surface area contributed by atoms with Gasteiger partial charge in [0.25, 0.3) is 0 Å². The molecule has 0 radical (unpaired) electrons. The van der Waals surface area contributed by atoms with Crippen LogP contribution in [0.15, 0.2) is 12.4 Å². The van der Waals surface area contributed by atoms with E-state index in [9.17, 15) is 0 Å². The van der Waals surface area contributed by atoms with E-state index in [-0.39, 0.29) is 5.84 Å². The number of anilines is 1. The predicted octanol–water partition coefficient (Wildman–Crippen LogP) is 0.555. The first-order chi connectivity index (χ1) is 7.25. The second-order valence-electron chi connectivity index (χ2n) is 3.79. The Balaban J connectivity index is 2.06. The Bertz CT molecular complexity index is 339. The highest BCUT2D eigenvalue weighted by Crippen LogP contribution is 2.14. The molecule has 1 aliphatic heterocycles. The van der Waals surface area contributed by atoms with Crippen LogP contribution in [0.4, 0.5) is 5.95 Å². The van der Waals surface area contributed by atoms with Crippen molar-refractivity contribution in [3.63, 3.8) is 0 Å². The first kappa shape index (κ1) is 9.89. The molecule has 3 N–H and O–H groups in total. The van der Waals surface area contributed by atoms with E-state index in [0.717, 1.165) is 24.6 Å². The summed E-state index contributed by atoms with van der Waals surface area (Å²) in [6.07, 6.45) is 6.38. The molecule has 1 aliphatic rings. The molecule has 80 valence electrons. The number of aromatic nitrogens is 2. The highest BCUT2D eigenvalue weighted by atomic mass is 15.3. The van der Waals surface area contributed by atoms with E-state index >= 15 is 0 Å². The maximum Gasteiger partial charge on any atom is 0.225 e. The molecule has 0 bridgehead atoms. The third kappa shape index (κ3) is 2.43. The molecular formula is C10H15N5. The first-order valence-electron chi connectivity index (χ1n) is 5.14. The molecule has 0 atom stereocenters. The average molecular weight is 205 g/mol. The highest BCUT2D eigenvalue weighted by Gasteiger charge is 2.14. The maximum absolute atomic E-state index is 7.16. The Kier molecular flexibility index (Phi) is 2.80. The molecule has 0 spiro atoms. The standard InChI is InChI=1S/C10H15N5/c11-9(12)5-8-6-13-10(14-7-8)15-3-1-2-4-15/h6-7H,1-5H2,(H3,11,12). The van der Waals surface area contributed by atoms with Crippen LogP contribution in [0.5, 0.6) is 0 Å². The average Bonchev–Trinajstić information content (AvgIpc) is 2.71. The zero-order chi connectivity index (χ0) is 10.7. The molecule has 2 heterocycles. The van der Waals surface area contributed by atoms with Crippen LogP contribution in [0.1, 0.15) is 18.4 Å². The third-order valence-corrected chi connectivity index (χ3v) is 2.48. The Morgan fingerprint density at radius 1 is 1.33 bits per heavy atom. The predicted molar refractivity (Wildman–Crippen MR) is 59.1 cm³/mol. The van der Waals surface area contributed by atoms with Crippen molar-refractivity contribution in [2.45, 2.75) is 19.3 Å². The van der Waals surface area contributed by atoms with Gasteiger partial charge in [-0.25, -0.2) is 9.97 Å². The zero-order valence-corrected chi connectivity index (χ0v) is 8.61. The lowest BCUT2D eigenvalue weighted by Crippen LogP contribution is -2.20. The number of hydrogen-bond donors (Lipinski definition) is 2. The van der Waals surface area contributed by atoms with E-state index in [1.807, 2.05) is 0 Å². The van der Waals surface area contributed by atoms with E-state index in [2.05, 4.69) is 14.9 Å². The van der Waals surface area contributed by atoms with Crippen molar-refractivity contribution in [3.8, 4) is 0 Å². The molecule has 2 rings (SSSR count). The SMILES string of the molecule is N=C(N)Cc1cnc(N2CCCC2)nc1. The molecule has 15 heavy (non-hydrogen) atoms. The number of nitrogens with two attached hydrogens (primary N) is 1. The number of hydrogen-bond acceptors (Lipinski definition) is 4. The van der Waals surface area contributed by atoms with Crippen molar-refractivity contribution in [3.05, 3.63) is 18.0 Å². The van der Waals surface area contributed by atoms with Crippen molar-refractivity contribution in [1.29, 1.82) is 5.41 Å². The van der Waals surface area contributed by atoms with Crippen molar-refractivity contribution < 1.29 is 0 Å². The van der Waals surface area contributed by atoms with Gasteiger partial charge in [0, 0.05) is 31.9 Å². The number of rotatable bonds is 3. The molecule has 0 amide bonds. The first-order valence-corrected chi connectivity index (χ1v) is 5.14. The Hall–Kier alpha value is -1.65. The van der Waals surface area contributed by atoms with E-state index in [4.69, 9.17) is 11.1 Å². The fourth-order valence-electron chi connectivity index (χ4n) is 1.74. The molecule has 5 nitrogen and oxygen atoms in total. The Morgan fingerprint density at radius 3 is 2.47 bits per heavy atom. The van der Waals surface area contributed by atoms with Crippen LogP contribution >= 0.6 is 0 Å². The van der Waals surface area contributed by atoms with E-state index in [1.54, 1.807) is 12.4 Å². The van der Waals surface area contributed by atoms with Crippen molar-refractivity contribution in [1.82, 2.24) is 9.97 Å². The summed E-state index contributed by atoms with van der Waals surface area (Å²) in [5, 5.41) is 7.16. The second kappa shape index (κ2) is 4.25. The molecule has 1 saturated heterocycles. The van der Waals surface area contributed by atoms with Gasteiger partial charge < -0.3 is 10.6 Å². The zero-order valence-electron chi connectivity index (χ0n) is 8.61. The normalized spacial score (nSPS) is 15.6. The molecule has 0 unspecified atom stereocenters. The van der Waals surface area contributed by atoms with Crippen molar-refractivity contribution >= 4 is 11.8 Å². The summed E-state index contributed by atoms with van der Waals surface area (Å²) in [6.45, 7) is 2.10. The van der Waals surface area contributed by atoms with Gasteiger partial charge in [-0.15, -0.1) is 0 Å². The van der Waals surface area contributed by atoms with Crippen LogP contribution in [0.3, 0.4) is 0 Å². The lowest BCUT2D eigenvalue weighted by Gasteiger charge is -2.14. The van der Waals surface area contributed by atoms with Gasteiger partial charge in [0.1, 0.15) is 0 Å². The van der Waals surface area contributed by atoms with E-state index in [1.165, 1.54) is 12.8 Å². The van der Waals surface area contributed by atoms with Gasteiger partial charge in [-0.1, -0.05) is 0 Å². The van der Waals surface area contributed by atoms with Crippen LogP contribution < -0.4 is 10.6 Å². The second-order valence-corrected chi connectivity index (χ2v) is 3.79. The van der Waals surface area contributed by atoms with Crippen LogP contribution in [-0.4, -0.2) is 28.9 Å². The minimum absolute atomic E-state index is 0.146. The van der Waals surface area contributed by atoms with Crippen LogP contribution in [0.25, 0.3) is 0 Å². The summed E-state index contributed by atoms with van der Waals surface area (Å²) < 4.78 is 0. The third-order valence-electron chi connectivity index (χ3n) is 2.48. The molecule has 0 aromatic carbocycles. The Labute approximate surface area is 88.8 Å². The van der Waals surface area contributed by atoms with Crippen molar-refractivity contribution in [2.24, 2.45) is 5.73 Å². The number of amidine groups is 1. The van der Waals surface area contributed by atoms with E-state index < -0.39 is 0 Å². The summed E-state index contributed by atoms with van der Waals surface area (Å²) in [7, 11) is 0. The molecule has 1 aromatic rings. The maximum atomic E-state index is 7.16. The minimum Gasteiger partial charge on any atom is -0.387 e. The van der Waals surface area contributed by atoms with Crippen LogP contribution in [-0.2, 0) is 6.42 Å². The Morgan fingerprint density at radius 2 is 1.93 bits per heavy atom. The van der Waals surface area contributed by atoms with Gasteiger partial charge in [0.2, 0.25) is 5.95 Å². The molecule has 1 aromatic heterocycles. The lowest BCUT2D eigenvalue weighted by atomic mass is 10.2. The van der Waals surface area contributed by atoms with Gasteiger partial charge >= 0.3 is 0 Å². The summed E-state index contributed by atoms with van der Waals surface area (Å²) in [4.78, 5) is 10.7. The highest BCUT2D eigenvalue weighted by molar-refractivity contribution is 5.79. The quantitative estimate of drug-likeness (QED) is 0.558. The summed E-state index contributed by atoms with van der Waals surface area (Å²) >= 11 is 0. The largest absolute Gasteiger partial charge is 0.387 e. The van der Waals surface area contributed by atoms with Gasteiger partial charge in [-0.05, 0) is 18.4 Å².